The van der Waals surface area contributed by atoms with Crippen LogP contribution in [0.2, 0.25) is 10.2 Å². The zero-order chi connectivity index (χ0) is 21.6. The molecule has 0 unspecified atom stereocenters. The molecule has 0 aliphatic rings. The third-order valence-electron chi connectivity index (χ3n) is 4.48. The van der Waals surface area contributed by atoms with Crippen LogP contribution in [0.5, 0.6) is 0 Å². The van der Waals surface area contributed by atoms with E-state index < -0.39 is 42.4 Å². The predicted octanol–water partition coefficient (Wildman–Crippen LogP) is 6.46. The van der Waals surface area contributed by atoms with Crippen molar-refractivity contribution >= 4 is 43.9 Å². The maximum atomic E-state index is 14.4. The number of benzene rings is 3. The lowest BCUT2D eigenvalue weighted by atomic mass is 10.0. The van der Waals surface area contributed by atoms with E-state index in [2.05, 4.69) is 4.98 Å². The smallest absolute Gasteiger partial charge is 0.210 e. The number of para-hydroxylation sites is 1. The number of fused-ring (bicyclic) bond motifs is 1. The van der Waals surface area contributed by atoms with E-state index in [1.807, 2.05) is 0 Å². The molecule has 0 saturated heterocycles. The Morgan fingerprint density at radius 1 is 0.833 bits per heavy atom. The highest BCUT2D eigenvalue weighted by Gasteiger charge is 2.29. The molecule has 152 valence electrons. The Labute approximate surface area is 179 Å². The van der Waals surface area contributed by atoms with Crippen molar-refractivity contribution in [2.75, 3.05) is 0 Å². The Balaban J connectivity index is 2.14. The summed E-state index contributed by atoms with van der Waals surface area (Å²) in [6, 6.07) is 11.9. The van der Waals surface area contributed by atoms with Crippen molar-refractivity contribution in [1.82, 2.24) is 4.98 Å². The van der Waals surface area contributed by atoms with Gasteiger partial charge in [-0.3, -0.25) is 0 Å². The van der Waals surface area contributed by atoms with Crippen molar-refractivity contribution in [3.63, 3.8) is 0 Å². The normalized spacial score (nSPS) is 11.8. The van der Waals surface area contributed by atoms with Crippen LogP contribution in [0.15, 0.2) is 70.5 Å². The van der Waals surface area contributed by atoms with E-state index in [-0.39, 0.29) is 26.9 Å². The van der Waals surface area contributed by atoms with E-state index in [0.717, 1.165) is 36.4 Å². The fourth-order valence-electron chi connectivity index (χ4n) is 3.12. The van der Waals surface area contributed by atoms with E-state index >= 15 is 0 Å². The maximum Gasteiger partial charge on any atom is 0.210 e. The summed E-state index contributed by atoms with van der Waals surface area (Å²) in [5.74, 6) is -2.03. The standard InChI is InChI=1S/C21H10Cl2F3NO2S/c22-15-10-13(8-9-16(15)25)30(28,29)20-18(11-4-6-12(24)7-5-11)14-2-1-3-17(26)19(14)27-21(20)23/h1-10H. The lowest BCUT2D eigenvalue weighted by molar-refractivity contribution is 0.594. The van der Waals surface area contributed by atoms with Crippen molar-refractivity contribution < 1.29 is 21.6 Å². The van der Waals surface area contributed by atoms with Crippen LogP contribution >= 0.6 is 23.2 Å². The van der Waals surface area contributed by atoms with E-state index in [1.54, 1.807) is 0 Å². The molecule has 0 N–H and O–H groups in total. The first-order valence-electron chi connectivity index (χ1n) is 8.44. The summed E-state index contributed by atoms with van der Waals surface area (Å²) in [7, 11) is -4.36. The molecule has 0 aliphatic heterocycles. The lowest BCUT2D eigenvalue weighted by Gasteiger charge is -2.16. The van der Waals surface area contributed by atoms with Crippen LogP contribution in [0.3, 0.4) is 0 Å². The van der Waals surface area contributed by atoms with Gasteiger partial charge in [0.2, 0.25) is 9.84 Å². The highest BCUT2D eigenvalue weighted by molar-refractivity contribution is 7.91. The summed E-state index contributed by atoms with van der Waals surface area (Å²) in [5, 5.41) is -0.708. The summed E-state index contributed by atoms with van der Waals surface area (Å²) in [4.78, 5) is 3.20. The molecule has 0 spiro atoms. The van der Waals surface area contributed by atoms with E-state index in [9.17, 15) is 21.6 Å². The zero-order valence-electron chi connectivity index (χ0n) is 14.8. The van der Waals surface area contributed by atoms with Crippen molar-refractivity contribution in [3.8, 4) is 11.1 Å². The van der Waals surface area contributed by atoms with Gasteiger partial charge < -0.3 is 0 Å². The summed E-state index contributed by atoms with van der Waals surface area (Å²) in [6.07, 6.45) is 0. The number of sulfone groups is 1. The monoisotopic (exact) mass is 467 g/mol. The van der Waals surface area contributed by atoms with Crippen LogP contribution < -0.4 is 0 Å². The molecule has 0 atom stereocenters. The van der Waals surface area contributed by atoms with Crippen LogP contribution in [0, 0.1) is 17.5 Å². The molecular weight excluding hydrogens is 458 g/mol. The van der Waals surface area contributed by atoms with Crippen LogP contribution in [0.25, 0.3) is 22.0 Å². The lowest BCUT2D eigenvalue weighted by Crippen LogP contribution is -2.08. The molecule has 1 heterocycles. The second kappa shape index (κ2) is 7.58. The van der Waals surface area contributed by atoms with Gasteiger partial charge in [0.15, 0.2) is 0 Å². The molecule has 3 aromatic carbocycles. The van der Waals surface area contributed by atoms with Gasteiger partial charge in [0.25, 0.3) is 0 Å². The van der Waals surface area contributed by atoms with Gasteiger partial charge in [-0.05, 0) is 42.0 Å². The minimum atomic E-state index is -4.36. The number of halogens is 5. The summed E-state index contributed by atoms with van der Waals surface area (Å²) < 4.78 is 68.3. The summed E-state index contributed by atoms with van der Waals surface area (Å²) in [5.41, 5.74) is 0.186. The van der Waals surface area contributed by atoms with Crippen LogP contribution in [-0.2, 0) is 9.84 Å². The molecule has 4 aromatic rings. The van der Waals surface area contributed by atoms with Crippen molar-refractivity contribution in [2.24, 2.45) is 0 Å². The molecule has 0 bridgehead atoms. The van der Waals surface area contributed by atoms with Gasteiger partial charge >= 0.3 is 0 Å². The SMILES string of the molecule is O=S(=O)(c1ccc(F)c(Cl)c1)c1c(Cl)nc2c(F)cccc2c1-c1ccc(F)cc1. The number of aromatic nitrogens is 1. The average molecular weight is 468 g/mol. The van der Waals surface area contributed by atoms with Crippen molar-refractivity contribution in [3.05, 3.63) is 88.3 Å². The van der Waals surface area contributed by atoms with Gasteiger partial charge in [0.05, 0.1) is 9.92 Å². The summed E-state index contributed by atoms with van der Waals surface area (Å²) in [6.45, 7) is 0. The summed E-state index contributed by atoms with van der Waals surface area (Å²) >= 11 is 12.0. The number of pyridine rings is 1. The Hall–Kier alpha value is -2.61. The zero-order valence-corrected chi connectivity index (χ0v) is 17.2. The van der Waals surface area contributed by atoms with Gasteiger partial charge in [-0.2, -0.15) is 0 Å². The van der Waals surface area contributed by atoms with Crippen LogP contribution in [0.4, 0.5) is 13.2 Å². The van der Waals surface area contributed by atoms with Crippen LogP contribution in [-0.4, -0.2) is 13.4 Å². The van der Waals surface area contributed by atoms with E-state index in [0.29, 0.717) is 0 Å². The van der Waals surface area contributed by atoms with E-state index in [4.69, 9.17) is 23.2 Å². The topological polar surface area (TPSA) is 47.0 Å². The third kappa shape index (κ3) is 3.43. The minimum absolute atomic E-state index is 0.0462. The Morgan fingerprint density at radius 3 is 2.20 bits per heavy atom. The number of hydrogen-bond acceptors (Lipinski definition) is 3. The minimum Gasteiger partial charge on any atom is -0.232 e. The van der Waals surface area contributed by atoms with Crippen molar-refractivity contribution in [1.29, 1.82) is 0 Å². The van der Waals surface area contributed by atoms with Crippen molar-refractivity contribution in [2.45, 2.75) is 9.79 Å². The Bertz CT molecular complexity index is 1410. The molecule has 1 aromatic heterocycles. The number of rotatable bonds is 3. The maximum absolute atomic E-state index is 14.4. The highest BCUT2D eigenvalue weighted by Crippen LogP contribution is 2.41. The first kappa shape index (κ1) is 20.7. The molecule has 0 fully saturated rings. The molecule has 4 rings (SSSR count). The molecule has 0 radical (unpaired) electrons. The predicted molar refractivity (Wildman–Crippen MR) is 109 cm³/mol. The molecule has 0 amide bonds. The number of hydrogen-bond donors (Lipinski definition) is 0. The molecule has 0 saturated carbocycles. The second-order valence-corrected chi connectivity index (χ2v) is 8.98. The number of nitrogens with zero attached hydrogens (tertiary/aromatic N) is 1. The van der Waals surface area contributed by atoms with Gasteiger partial charge in [-0.25, -0.2) is 26.6 Å². The fraction of sp³-hybridized carbons (Fsp3) is 0. The molecule has 30 heavy (non-hydrogen) atoms. The molecule has 9 heteroatoms. The first-order valence-corrected chi connectivity index (χ1v) is 10.7. The van der Waals surface area contributed by atoms with Gasteiger partial charge in [0.1, 0.15) is 33.0 Å². The first-order chi connectivity index (χ1) is 14.2. The Kier molecular flexibility index (Phi) is 5.22. The fourth-order valence-corrected chi connectivity index (χ4v) is 5.36. The third-order valence-corrected chi connectivity index (χ3v) is 6.97. The largest absolute Gasteiger partial charge is 0.232 e. The second-order valence-electron chi connectivity index (χ2n) is 6.33. The van der Waals surface area contributed by atoms with Gasteiger partial charge in [0, 0.05) is 10.9 Å². The molecule has 0 aliphatic carbocycles. The quantitative estimate of drug-likeness (QED) is 0.256. The molecular formula is C21H10Cl2F3NO2S. The average Bonchev–Trinajstić information content (AvgIpc) is 2.70. The van der Waals surface area contributed by atoms with E-state index in [1.165, 1.54) is 24.3 Å². The Morgan fingerprint density at radius 2 is 1.53 bits per heavy atom. The van der Waals surface area contributed by atoms with Gasteiger partial charge in [-0.15, -0.1) is 0 Å². The molecule has 3 nitrogen and oxygen atoms in total. The van der Waals surface area contributed by atoms with Crippen LogP contribution in [0.1, 0.15) is 0 Å². The highest BCUT2D eigenvalue weighted by atomic mass is 35.5. The van der Waals surface area contributed by atoms with Gasteiger partial charge in [-0.1, -0.05) is 47.5 Å².